The molecule has 2 aromatic heterocycles. The normalized spacial score (nSPS) is 19.7. The van der Waals surface area contributed by atoms with E-state index in [-0.39, 0.29) is 36.3 Å². The van der Waals surface area contributed by atoms with E-state index in [2.05, 4.69) is 9.97 Å². The third-order valence-corrected chi connectivity index (χ3v) is 19.2. The number of hydrogen-bond acceptors (Lipinski definition) is 15. The highest BCUT2D eigenvalue weighted by Gasteiger charge is 2.49. The molecule has 83 heavy (non-hydrogen) atoms. The number of aromatic nitrogens is 4. The Bertz CT molecular complexity index is 3720. The highest BCUT2D eigenvalue weighted by atomic mass is 32.9. The lowest BCUT2D eigenvalue weighted by atomic mass is 9.79. The van der Waals surface area contributed by atoms with Crippen LogP contribution in [0.15, 0.2) is 189 Å². The molecular formula is C62H62FN4O13PS2. The van der Waals surface area contributed by atoms with E-state index in [9.17, 15) is 19.2 Å². The van der Waals surface area contributed by atoms with Crippen LogP contribution in [0.2, 0.25) is 0 Å². The summed E-state index contributed by atoms with van der Waals surface area (Å²) in [7, 11) is 6.33. The zero-order valence-corrected chi connectivity index (χ0v) is 48.8. The van der Waals surface area contributed by atoms with Crippen LogP contribution in [0.5, 0.6) is 23.0 Å². The highest BCUT2D eigenvalue weighted by molar-refractivity contribution is 8.67. The molecule has 1 unspecified atom stereocenters. The van der Waals surface area contributed by atoms with E-state index in [0.717, 1.165) is 44.8 Å². The molecule has 0 radical (unpaired) electrons. The predicted octanol–water partition coefficient (Wildman–Crippen LogP) is 10.0. The molecular weight excluding hydrogens is 1120 g/mol. The van der Waals surface area contributed by atoms with Crippen LogP contribution in [-0.4, -0.2) is 84.3 Å². The fourth-order valence-electron chi connectivity index (χ4n) is 10.8. The molecule has 4 heterocycles. The molecule has 0 saturated carbocycles. The van der Waals surface area contributed by atoms with Gasteiger partial charge in [-0.2, -0.15) is 4.20 Å². The Morgan fingerprint density at radius 1 is 0.542 bits per heavy atom. The second-order valence-electron chi connectivity index (χ2n) is 20.0. The SMILES string of the molecule is COc1ccc(C(OC[C@H]2O[C@@H](n3cc(C)c(=O)[nH]c3=O)C[C@@H]2OP(F)(=S)SC[C@H]2O[C@@H](n3cc(C)c(=O)[nH]c3=O)C[C@@H]2OC(c2ccccc2)(c2ccc(OC)cc2)c2ccc(OC)cc2)(c2ccccc2)c2ccc(OC)cc2)cc1. The molecule has 432 valence electrons. The minimum absolute atomic E-state index is 0.0722. The van der Waals surface area contributed by atoms with Crippen molar-refractivity contribution >= 4 is 29.0 Å². The molecule has 2 aliphatic heterocycles. The van der Waals surface area contributed by atoms with Crippen LogP contribution in [0.1, 0.15) is 69.8 Å². The summed E-state index contributed by atoms with van der Waals surface area (Å²) in [5, 5.41) is 0. The Morgan fingerprint density at radius 2 is 0.904 bits per heavy atom. The van der Waals surface area contributed by atoms with Crippen LogP contribution in [0.25, 0.3) is 0 Å². The number of nitrogens with one attached hydrogen (secondary N) is 2. The first-order chi connectivity index (χ1) is 40.1. The minimum Gasteiger partial charge on any atom is -0.497 e. The van der Waals surface area contributed by atoms with Crippen LogP contribution in [0, 0.1) is 13.8 Å². The van der Waals surface area contributed by atoms with Crippen molar-refractivity contribution in [2.45, 2.75) is 74.8 Å². The van der Waals surface area contributed by atoms with Gasteiger partial charge in [-0.05, 0) is 108 Å². The second kappa shape index (κ2) is 25.2. The average molecular weight is 1190 g/mol. The van der Waals surface area contributed by atoms with Crippen LogP contribution in [0.3, 0.4) is 0 Å². The van der Waals surface area contributed by atoms with E-state index in [4.69, 9.17) is 54.2 Å². The maximum absolute atomic E-state index is 17.9. The van der Waals surface area contributed by atoms with Gasteiger partial charge < -0.3 is 42.4 Å². The van der Waals surface area contributed by atoms with Gasteiger partial charge >= 0.3 is 11.4 Å². The molecule has 0 aliphatic carbocycles. The zero-order valence-electron chi connectivity index (χ0n) is 46.3. The van der Waals surface area contributed by atoms with Gasteiger partial charge in [0.2, 0.25) is 0 Å². The molecule has 7 atom stereocenters. The third-order valence-electron chi connectivity index (χ3n) is 15.1. The van der Waals surface area contributed by atoms with Gasteiger partial charge in [0.05, 0.1) is 53.4 Å². The molecule has 21 heteroatoms. The van der Waals surface area contributed by atoms with Gasteiger partial charge in [0, 0.05) is 42.1 Å². The summed E-state index contributed by atoms with van der Waals surface area (Å²) in [6, 6.07) is 49.2. The molecule has 6 aromatic carbocycles. The van der Waals surface area contributed by atoms with Gasteiger partial charge in [-0.15, -0.1) is 0 Å². The molecule has 8 aromatic rings. The summed E-state index contributed by atoms with van der Waals surface area (Å²) < 4.78 is 77.5. The van der Waals surface area contributed by atoms with Crippen molar-refractivity contribution in [3.63, 3.8) is 0 Å². The van der Waals surface area contributed by atoms with E-state index in [1.807, 2.05) is 158 Å². The fourth-order valence-corrected chi connectivity index (χ4v) is 14.4. The van der Waals surface area contributed by atoms with Crippen molar-refractivity contribution in [3.05, 3.63) is 256 Å². The zero-order chi connectivity index (χ0) is 58.5. The molecule has 2 saturated heterocycles. The summed E-state index contributed by atoms with van der Waals surface area (Å²) in [5.74, 6) is -2.12. The number of hydrogen-bond donors (Lipinski definition) is 2. The second-order valence-corrected chi connectivity index (χ2v) is 26.0. The molecule has 0 amide bonds. The Labute approximate surface area is 487 Å². The van der Waals surface area contributed by atoms with E-state index >= 15 is 4.20 Å². The Morgan fingerprint density at radius 3 is 1.31 bits per heavy atom. The largest absolute Gasteiger partial charge is 0.497 e. The van der Waals surface area contributed by atoms with Gasteiger partial charge in [-0.3, -0.25) is 28.7 Å². The number of rotatable bonds is 22. The van der Waals surface area contributed by atoms with E-state index in [1.165, 1.54) is 21.5 Å². The number of ether oxygens (including phenoxy) is 8. The maximum atomic E-state index is 17.9. The van der Waals surface area contributed by atoms with Crippen LogP contribution in [0.4, 0.5) is 4.20 Å². The minimum atomic E-state index is -4.46. The van der Waals surface area contributed by atoms with E-state index in [0.29, 0.717) is 23.0 Å². The summed E-state index contributed by atoms with van der Waals surface area (Å²) in [4.78, 5) is 57.1. The van der Waals surface area contributed by atoms with Crippen molar-refractivity contribution in [1.29, 1.82) is 0 Å². The van der Waals surface area contributed by atoms with Crippen molar-refractivity contribution in [1.82, 2.24) is 19.1 Å². The van der Waals surface area contributed by atoms with Crippen molar-refractivity contribution < 1.29 is 46.6 Å². The number of H-pyrrole nitrogens is 2. The summed E-state index contributed by atoms with van der Waals surface area (Å²) in [5.41, 5.74) is -0.326. The number of nitrogens with zero attached hydrogens (tertiary/aromatic N) is 2. The first kappa shape index (κ1) is 58.8. The monoisotopic (exact) mass is 1180 g/mol. The van der Waals surface area contributed by atoms with Crippen LogP contribution < -0.4 is 41.4 Å². The quantitative estimate of drug-likeness (QED) is 0.0481. The van der Waals surface area contributed by atoms with Crippen molar-refractivity contribution in [2.75, 3.05) is 40.8 Å². The molecule has 0 spiro atoms. The summed E-state index contributed by atoms with van der Waals surface area (Å²) >= 11 is 6.60. The highest BCUT2D eigenvalue weighted by Crippen LogP contribution is 2.64. The van der Waals surface area contributed by atoms with Gasteiger partial charge in [0.25, 0.3) is 16.9 Å². The molecule has 2 N–H and O–H groups in total. The van der Waals surface area contributed by atoms with E-state index < -0.39 is 76.3 Å². The van der Waals surface area contributed by atoms with Gasteiger partial charge in [-0.25, -0.2) is 9.59 Å². The summed E-state index contributed by atoms with van der Waals surface area (Å²) in [6.45, 7) is 2.92. The van der Waals surface area contributed by atoms with Crippen LogP contribution in [-0.2, 0) is 46.5 Å². The Kier molecular flexibility index (Phi) is 17.9. The number of aromatic amines is 2. The number of aryl methyl sites for hydroxylation is 2. The van der Waals surface area contributed by atoms with Crippen LogP contribution >= 0.6 is 17.2 Å². The number of methoxy groups -OCH3 is 4. The lowest BCUT2D eigenvalue weighted by molar-refractivity contribution is -0.0910. The first-order valence-electron chi connectivity index (χ1n) is 26.7. The lowest BCUT2D eigenvalue weighted by Crippen LogP contribution is -2.40. The van der Waals surface area contributed by atoms with Crippen molar-refractivity contribution in [3.8, 4) is 23.0 Å². The predicted molar refractivity (Wildman–Crippen MR) is 317 cm³/mol. The number of halogens is 1. The fraction of sp³-hybridized carbons (Fsp3) is 0.290. The Hall–Kier alpha value is -7.39. The first-order valence-corrected chi connectivity index (χ1v) is 30.9. The molecule has 2 fully saturated rings. The summed E-state index contributed by atoms with van der Waals surface area (Å²) in [6.07, 6.45) is -3.23. The maximum Gasteiger partial charge on any atom is 0.330 e. The third kappa shape index (κ3) is 12.3. The molecule has 10 rings (SSSR count). The Balaban J connectivity index is 1.01. The smallest absolute Gasteiger partial charge is 0.330 e. The lowest BCUT2D eigenvalue weighted by Gasteiger charge is -2.39. The standard InChI is InChI=1S/C62H62FN4O13PS2/c1-39-35-66(59(70)64-57(39)68)55-33-51(79-62(42-15-11-8-12-16-42,45-21-29-49(74-5)30-22-45)46-23-31-50(75-6)32-24-46)54(78-55)38-83-81(63,82)80-52-34-56(67-36-40(2)58(69)65-60(67)71)77-53(52)37-76-61(41-13-9-7-10-14-41,43-17-25-47(72-3)26-18-43)44-19-27-48(73-4)28-20-44/h7-32,35-36,51-56H,33-34,37-38H2,1-6H3,(H,64,68,70)(H,65,69,71)/t51-,52-,53+,54+,55+,56+,81?/m0/s1. The van der Waals surface area contributed by atoms with Gasteiger partial charge in [0.1, 0.15) is 52.8 Å². The molecule has 2 aliphatic rings. The van der Waals surface area contributed by atoms with Crippen molar-refractivity contribution in [2.24, 2.45) is 0 Å². The molecule has 17 nitrogen and oxygen atoms in total. The molecule has 0 bridgehead atoms. The van der Waals surface area contributed by atoms with Gasteiger partial charge in [-0.1, -0.05) is 121 Å². The topological polar surface area (TPSA) is 193 Å². The average Bonchev–Trinajstić information content (AvgIpc) is 3.66. The van der Waals surface area contributed by atoms with Gasteiger partial charge in [0.15, 0.2) is 0 Å². The van der Waals surface area contributed by atoms with E-state index in [1.54, 1.807) is 42.3 Å². The number of benzene rings is 6.